The second-order valence-corrected chi connectivity index (χ2v) is 12.7. The monoisotopic (exact) mass is 482 g/mol. The summed E-state index contributed by atoms with van der Waals surface area (Å²) in [4.78, 5) is 13.3. The molecule has 5 nitrogen and oxygen atoms in total. The molecule has 1 saturated carbocycles. The molecule has 184 valence electrons. The van der Waals surface area contributed by atoms with Crippen LogP contribution in [0.15, 0.2) is 48.5 Å². The second-order valence-electron chi connectivity index (χ2n) is 10.7. The van der Waals surface area contributed by atoms with E-state index in [1.165, 1.54) is 4.31 Å². The van der Waals surface area contributed by atoms with E-state index in [0.29, 0.717) is 6.54 Å². The van der Waals surface area contributed by atoms with Crippen LogP contribution in [-0.4, -0.2) is 31.7 Å². The predicted octanol–water partition coefficient (Wildman–Crippen LogP) is 6.21. The number of rotatable bonds is 6. The van der Waals surface area contributed by atoms with Crippen molar-refractivity contribution in [3.8, 4) is 0 Å². The van der Waals surface area contributed by atoms with Crippen molar-refractivity contribution in [3.63, 3.8) is 0 Å². The highest BCUT2D eigenvalue weighted by Gasteiger charge is 2.57. The van der Waals surface area contributed by atoms with Crippen molar-refractivity contribution >= 4 is 21.6 Å². The Labute approximate surface area is 205 Å². The molecule has 1 aliphatic carbocycles. The summed E-state index contributed by atoms with van der Waals surface area (Å²) in [6.07, 6.45) is 5.00. The third-order valence-electron chi connectivity index (χ3n) is 7.61. The quantitative estimate of drug-likeness (QED) is 0.532. The van der Waals surface area contributed by atoms with E-state index in [-0.39, 0.29) is 29.7 Å². The fourth-order valence-electron chi connectivity index (χ4n) is 6.00. The summed E-state index contributed by atoms with van der Waals surface area (Å²) >= 11 is 0. The Balaban J connectivity index is 1.63. The summed E-state index contributed by atoms with van der Waals surface area (Å²) in [6, 6.07) is 15.7. The van der Waals surface area contributed by atoms with Crippen molar-refractivity contribution in [2.75, 3.05) is 18.4 Å². The number of anilines is 1. The van der Waals surface area contributed by atoms with Crippen LogP contribution >= 0.6 is 0 Å². The number of hydrogen-bond donors (Lipinski definition) is 1. The van der Waals surface area contributed by atoms with E-state index in [1.54, 1.807) is 0 Å². The highest BCUT2D eigenvalue weighted by molar-refractivity contribution is 7.89. The van der Waals surface area contributed by atoms with Crippen LogP contribution < -0.4 is 5.32 Å². The lowest BCUT2D eigenvalue weighted by Crippen LogP contribution is -2.36. The first kappa shape index (κ1) is 24.9. The lowest BCUT2D eigenvalue weighted by molar-refractivity contribution is -0.116. The molecule has 2 aromatic carbocycles. The van der Waals surface area contributed by atoms with Gasteiger partial charge in [0.05, 0.1) is 6.54 Å². The number of carbonyl (C=O) groups is 1. The SMILES string of the molecule is CC(C)c1cccc(C(C)C)c1NC(=O)CN1CC2(CCCCC2)C(c2ccccc2)S1(=O)=O. The van der Waals surface area contributed by atoms with Crippen LogP contribution in [0.5, 0.6) is 0 Å². The summed E-state index contributed by atoms with van der Waals surface area (Å²) in [5, 5.41) is 2.53. The van der Waals surface area contributed by atoms with Gasteiger partial charge in [-0.3, -0.25) is 4.79 Å². The van der Waals surface area contributed by atoms with E-state index in [1.807, 2.05) is 48.5 Å². The van der Waals surface area contributed by atoms with Crippen molar-refractivity contribution in [3.05, 3.63) is 65.2 Å². The molecule has 6 heteroatoms. The number of benzene rings is 2. The minimum atomic E-state index is -3.66. The lowest BCUT2D eigenvalue weighted by atomic mass is 9.70. The van der Waals surface area contributed by atoms with Crippen LogP contribution in [0.3, 0.4) is 0 Å². The molecule has 1 atom stereocenters. The average molecular weight is 483 g/mol. The van der Waals surface area contributed by atoms with Crippen LogP contribution in [0.4, 0.5) is 5.69 Å². The molecule has 1 heterocycles. The minimum absolute atomic E-state index is 0.141. The average Bonchev–Trinajstić information content (AvgIpc) is 2.99. The van der Waals surface area contributed by atoms with Crippen molar-refractivity contribution in [1.29, 1.82) is 0 Å². The van der Waals surface area contributed by atoms with Gasteiger partial charge in [-0.15, -0.1) is 0 Å². The summed E-state index contributed by atoms with van der Waals surface area (Å²) in [6.45, 7) is 8.71. The summed E-state index contributed by atoms with van der Waals surface area (Å²) < 4.78 is 29.2. The molecule has 1 amide bonds. The third kappa shape index (κ3) is 4.67. The number of amides is 1. The predicted molar refractivity (Wildman–Crippen MR) is 138 cm³/mol. The molecule has 34 heavy (non-hydrogen) atoms. The van der Waals surface area contributed by atoms with E-state index in [4.69, 9.17) is 0 Å². The van der Waals surface area contributed by atoms with Crippen LogP contribution in [0.2, 0.25) is 0 Å². The number of nitrogens with one attached hydrogen (secondary N) is 1. The molecule has 1 aliphatic heterocycles. The number of nitrogens with zero attached hydrogens (tertiary/aromatic N) is 1. The third-order valence-corrected chi connectivity index (χ3v) is 9.96. The molecule has 0 radical (unpaired) electrons. The zero-order valence-electron chi connectivity index (χ0n) is 20.9. The summed E-state index contributed by atoms with van der Waals surface area (Å²) in [5.41, 5.74) is 3.52. The van der Waals surface area contributed by atoms with Gasteiger partial charge in [0.25, 0.3) is 0 Å². The van der Waals surface area contributed by atoms with Crippen LogP contribution in [0.25, 0.3) is 0 Å². The van der Waals surface area contributed by atoms with Gasteiger partial charge in [0.1, 0.15) is 5.25 Å². The molecule has 1 N–H and O–H groups in total. The summed E-state index contributed by atoms with van der Waals surface area (Å²) in [5.74, 6) is 0.230. The fourth-order valence-corrected chi connectivity index (χ4v) is 8.47. The van der Waals surface area contributed by atoms with Crippen LogP contribution in [0, 0.1) is 5.41 Å². The zero-order valence-corrected chi connectivity index (χ0v) is 21.7. The van der Waals surface area contributed by atoms with Crippen molar-refractivity contribution < 1.29 is 13.2 Å². The normalized spacial score (nSPS) is 21.9. The minimum Gasteiger partial charge on any atom is -0.324 e. The van der Waals surface area contributed by atoms with E-state index >= 15 is 0 Å². The first-order valence-corrected chi connectivity index (χ1v) is 14.1. The summed E-state index contributed by atoms with van der Waals surface area (Å²) in [7, 11) is -3.66. The molecule has 1 saturated heterocycles. The van der Waals surface area contributed by atoms with E-state index in [9.17, 15) is 13.2 Å². The van der Waals surface area contributed by atoms with Gasteiger partial charge in [0.2, 0.25) is 15.9 Å². The standard InChI is InChI=1S/C28H38N2O3S/c1-20(2)23-14-11-15-24(21(3)4)26(23)29-25(31)18-30-19-28(16-9-6-10-17-28)27(34(30,32)33)22-12-7-5-8-13-22/h5,7-8,11-15,20-21,27H,6,9-10,16-19H2,1-4H3,(H,29,31). The maximum absolute atomic E-state index is 13.9. The Kier molecular flexibility index (Phi) is 7.20. The molecule has 4 rings (SSSR count). The highest BCUT2D eigenvalue weighted by atomic mass is 32.2. The van der Waals surface area contributed by atoms with Crippen LogP contribution in [-0.2, 0) is 14.8 Å². The molecule has 2 aliphatic rings. The first-order chi connectivity index (χ1) is 16.2. The van der Waals surface area contributed by atoms with E-state index in [2.05, 4.69) is 33.0 Å². The Hall–Kier alpha value is -2.18. The van der Waals surface area contributed by atoms with Crippen molar-refractivity contribution in [1.82, 2.24) is 4.31 Å². The first-order valence-electron chi connectivity index (χ1n) is 12.6. The maximum Gasteiger partial charge on any atom is 0.239 e. The van der Waals surface area contributed by atoms with Gasteiger partial charge in [0, 0.05) is 17.6 Å². The smallest absolute Gasteiger partial charge is 0.239 e. The number of hydrogen-bond acceptors (Lipinski definition) is 3. The number of sulfonamides is 1. The Morgan fingerprint density at radius 1 is 0.941 bits per heavy atom. The second kappa shape index (κ2) is 9.82. The highest BCUT2D eigenvalue weighted by Crippen LogP contribution is 2.55. The van der Waals surface area contributed by atoms with E-state index in [0.717, 1.165) is 54.5 Å². The van der Waals surface area contributed by atoms with Gasteiger partial charge in [-0.25, -0.2) is 8.42 Å². The van der Waals surface area contributed by atoms with Crippen molar-refractivity contribution in [2.45, 2.75) is 76.9 Å². The van der Waals surface area contributed by atoms with Crippen LogP contribution in [0.1, 0.15) is 93.6 Å². The largest absolute Gasteiger partial charge is 0.324 e. The fraction of sp³-hybridized carbons (Fsp3) is 0.536. The molecular weight excluding hydrogens is 444 g/mol. The van der Waals surface area contributed by atoms with Gasteiger partial charge in [-0.1, -0.05) is 95.5 Å². The van der Waals surface area contributed by atoms with Gasteiger partial charge >= 0.3 is 0 Å². The van der Waals surface area contributed by atoms with Gasteiger partial charge < -0.3 is 5.32 Å². The molecule has 1 unspecified atom stereocenters. The molecule has 0 aromatic heterocycles. The Morgan fingerprint density at radius 3 is 2.09 bits per heavy atom. The van der Waals surface area contributed by atoms with Gasteiger partial charge in [-0.05, 0) is 41.4 Å². The molecule has 2 fully saturated rings. The molecule has 2 aromatic rings. The maximum atomic E-state index is 13.9. The Bertz CT molecular complexity index is 1090. The van der Waals surface area contributed by atoms with Crippen molar-refractivity contribution in [2.24, 2.45) is 5.41 Å². The Morgan fingerprint density at radius 2 is 1.53 bits per heavy atom. The number of carbonyl (C=O) groups excluding carboxylic acids is 1. The lowest BCUT2D eigenvalue weighted by Gasteiger charge is -2.36. The number of para-hydroxylation sites is 1. The topological polar surface area (TPSA) is 66.5 Å². The molecule has 0 bridgehead atoms. The zero-order chi connectivity index (χ0) is 24.5. The van der Waals surface area contributed by atoms with E-state index < -0.39 is 15.3 Å². The van der Waals surface area contributed by atoms with Gasteiger partial charge in [0.15, 0.2) is 0 Å². The van der Waals surface area contributed by atoms with Gasteiger partial charge in [-0.2, -0.15) is 4.31 Å². The molecule has 1 spiro atoms. The molecular formula is C28H38N2O3S.